The van der Waals surface area contributed by atoms with Crippen LogP contribution >= 0.6 is 0 Å². The highest BCUT2D eigenvalue weighted by atomic mass is 16.3. The van der Waals surface area contributed by atoms with E-state index in [2.05, 4.69) is 31.2 Å². The van der Waals surface area contributed by atoms with Crippen LogP contribution in [0, 0.1) is 17.3 Å². The van der Waals surface area contributed by atoms with Crippen LogP contribution < -0.4 is 0 Å². The van der Waals surface area contributed by atoms with E-state index in [0.717, 1.165) is 19.3 Å². The van der Waals surface area contributed by atoms with E-state index in [1.165, 1.54) is 18.4 Å². The third-order valence-electron chi connectivity index (χ3n) is 6.61. The number of aryl methyl sites for hydroxylation is 1. The van der Waals surface area contributed by atoms with Gasteiger partial charge in [0.2, 0.25) is 0 Å². The van der Waals surface area contributed by atoms with Crippen molar-refractivity contribution in [3.8, 4) is 0 Å². The van der Waals surface area contributed by atoms with Crippen LogP contribution in [0.1, 0.15) is 49.7 Å². The predicted molar refractivity (Wildman–Crippen MR) is 78.5 cm³/mol. The first-order valence-corrected chi connectivity index (χ1v) is 8.05. The second-order valence-corrected chi connectivity index (χ2v) is 7.41. The molecule has 2 fully saturated rings. The van der Waals surface area contributed by atoms with E-state index in [9.17, 15) is 10.2 Å². The van der Waals surface area contributed by atoms with E-state index in [1.54, 1.807) is 5.56 Å². The van der Waals surface area contributed by atoms with Crippen LogP contribution in [-0.2, 0) is 6.42 Å². The zero-order valence-electron chi connectivity index (χ0n) is 12.1. The van der Waals surface area contributed by atoms with Crippen molar-refractivity contribution in [1.29, 1.82) is 0 Å². The lowest BCUT2D eigenvalue weighted by molar-refractivity contribution is -0.0505. The molecule has 3 aliphatic rings. The molecule has 0 radical (unpaired) electrons. The highest BCUT2D eigenvalue weighted by Crippen LogP contribution is 2.60. The fourth-order valence-electron chi connectivity index (χ4n) is 5.51. The Labute approximate surface area is 120 Å². The summed E-state index contributed by atoms with van der Waals surface area (Å²) in [6.45, 7) is 2.20. The number of fused-ring (bicyclic) bond motifs is 5. The molecule has 6 atom stereocenters. The molecule has 1 aromatic rings. The fourth-order valence-corrected chi connectivity index (χ4v) is 5.51. The molecule has 0 amide bonds. The molecule has 0 saturated heterocycles. The van der Waals surface area contributed by atoms with Gasteiger partial charge >= 0.3 is 0 Å². The quantitative estimate of drug-likeness (QED) is 0.762. The minimum Gasteiger partial charge on any atom is -0.390 e. The Balaban J connectivity index is 1.72. The van der Waals surface area contributed by atoms with Gasteiger partial charge in [0, 0.05) is 0 Å². The molecular formula is C18H24O2. The van der Waals surface area contributed by atoms with Crippen LogP contribution in [0.25, 0.3) is 0 Å². The first-order chi connectivity index (χ1) is 9.61. The highest BCUT2D eigenvalue weighted by Gasteiger charge is 2.57. The maximum absolute atomic E-state index is 10.4. The molecule has 0 unspecified atom stereocenters. The molecule has 0 heterocycles. The molecule has 4 rings (SSSR count). The lowest BCUT2D eigenvalue weighted by Gasteiger charge is -2.49. The van der Waals surface area contributed by atoms with Crippen LogP contribution in [0.2, 0.25) is 0 Å². The van der Waals surface area contributed by atoms with E-state index in [1.807, 2.05) is 0 Å². The molecule has 2 N–H and O–H groups in total. The summed E-state index contributed by atoms with van der Waals surface area (Å²) in [5.41, 5.74) is 3.01. The van der Waals surface area contributed by atoms with Crippen molar-refractivity contribution in [3.05, 3.63) is 35.4 Å². The number of hydrogen-bond acceptors (Lipinski definition) is 2. The zero-order valence-corrected chi connectivity index (χ0v) is 12.1. The molecule has 2 heteroatoms. The predicted octanol–water partition coefficient (Wildman–Crippen LogP) is 2.87. The Morgan fingerprint density at radius 2 is 1.95 bits per heavy atom. The molecule has 0 aromatic heterocycles. The molecule has 1 aromatic carbocycles. The Morgan fingerprint density at radius 3 is 2.80 bits per heavy atom. The van der Waals surface area contributed by atoms with Crippen molar-refractivity contribution >= 4 is 0 Å². The van der Waals surface area contributed by atoms with Gasteiger partial charge in [0.05, 0.1) is 12.2 Å². The molecule has 20 heavy (non-hydrogen) atoms. The Hall–Kier alpha value is -0.860. The number of aliphatic hydroxyl groups excluding tert-OH is 2. The van der Waals surface area contributed by atoms with E-state index in [-0.39, 0.29) is 5.41 Å². The largest absolute Gasteiger partial charge is 0.390 e. The number of hydrogen-bond donors (Lipinski definition) is 2. The minimum atomic E-state index is -0.523. The molecule has 0 bridgehead atoms. The van der Waals surface area contributed by atoms with Gasteiger partial charge in [0.25, 0.3) is 0 Å². The number of aliphatic hydroxyl groups is 2. The minimum absolute atomic E-state index is 0.0626. The summed E-state index contributed by atoms with van der Waals surface area (Å²) in [6.07, 6.45) is 4.36. The third-order valence-corrected chi connectivity index (χ3v) is 6.61. The molecule has 2 saturated carbocycles. The maximum atomic E-state index is 10.4. The van der Waals surface area contributed by atoms with E-state index in [4.69, 9.17) is 0 Å². The van der Waals surface area contributed by atoms with Crippen molar-refractivity contribution in [2.75, 3.05) is 0 Å². The third kappa shape index (κ3) is 1.58. The van der Waals surface area contributed by atoms with Gasteiger partial charge in [-0.25, -0.2) is 0 Å². The standard InChI is InChI=1S/C18H24O2/c1-18-9-8-13-12-5-3-2-4-11(12)6-7-14(13)15(18)10-16(19)17(18)20/h2-5,13-17,19-20H,6-10H2,1H3/t13-,14-,15+,16-,17-,18+/m1/s1. The van der Waals surface area contributed by atoms with Crippen molar-refractivity contribution in [2.45, 2.75) is 57.2 Å². The maximum Gasteiger partial charge on any atom is 0.0855 e. The van der Waals surface area contributed by atoms with Crippen molar-refractivity contribution in [1.82, 2.24) is 0 Å². The van der Waals surface area contributed by atoms with Crippen LogP contribution in [0.5, 0.6) is 0 Å². The van der Waals surface area contributed by atoms with E-state index >= 15 is 0 Å². The summed E-state index contributed by atoms with van der Waals surface area (Å²) in [7, 11) is 0. The number of benzene rings is 1. The lowest BCUT2D eigenvalue weighted by Crippen LogP contribution is -2.44. The van der Waals surface area contributed by atoms with Gasteiger partial charge in [-0.05, 0) is 66.4 Å². The van der Waals surface area contributed by atoms with Crippen molar-refractivity contribution < 1.29 is 10.2 Å². The van der Waals surface area contributed by atoms with Gasteiger partial charge in [-0.3, -0.25) is 0 Å². The van der Waals surface area contributed by atoms with Gasteiger partial charge in [0.1, 0.15) is 0 Å². The highest BCUT2D eigenvalue weighted by molar-refractivity contribution is 5.35. The van der Waals surface area contributed by atoms with Crippen LogP contribution in [0.3, 0.4) is 0 Å². The lowest BCUT2D eigenvalue weighted by atomic mass is 9.55. The fraction of sp³-hybridized carbons (Fsp3) is 0.667. The SMILES string of the molecule is C[C@]12CC[C@@H]3c4ccccc4CC[C@H]3[C@@H]1C[C@@H](O)[C@H]2O. The van der Waals surface area contributed by atoms with Crippen LogP contribution in [0.4, 0.5) is 0 Å². The van der Waals surface area contributed by atoms with Gasteiger partial charge in [-0.1, -0.05) is 31.2 Å². The van der Waals surface area contributed by atoms with Crippen LogP contribution in [-0.4, -0.2) is 22.4 Å². The topological polar surface area (TPSA) is 40.5 Å². The van der Waals surface area contributed by atoms with E-state index < -0.39 is 12.2 Å². The number of rotatable bonds is 0. The van der Waals surface area contributed by atoms with Gasteiger partial charge in [-0.2, -0.15) is 0 Å². The molecular weight excluding hydrogens is 248 g/mol. The van der Waals surface area contributed by atoms with Gasteiger partial charge in [-0.15, -0.1) is 0 Å². The monoisotopic (exact) mass is 272 g/mol. The molecule has 2 nitrogen and oxygen atoms in total. The molecule has 0 spiro atoms. The Kier molecular flexibility index (Phi) is 2.77. The smallest absolute Gasteiger partial charge is 0.0855 e. The Morgan fingerprint density at radius 1 is 1.15 bits per heavy atom. The Bertz CT molecular complexity index is 526. The van der Waals surface area contributed by atoms with Crippen molar-refractivity contribution in [2.24, 2.45) is 17.3 Å². The summed E-state index contributed by atoms with van der Waals surface area (Å²) < 4.78 is 0. The summed E-state index contributed by atoms with van der Waals surface area (Å²) in [4.78, 5) is 0. The average Bonchev–Trinajstić information content (AvgIpc) is 2.71. The van der Waals surface area contributed by atoms with Gasteiger partial charge < -0.3 is 10.2 Å². The second-order valence-electron chi connectivity index (χ2n) is 7.41. The van der Waals surface area contributed by atoms with Crippen molar-refractivity contribution in [3.63, 3.8) is 0 Å². The summed E-state index contributed by atoms with van der Waals surface area (Å²) in [5, 5.41) is 20.5. The average molecular weight is 272 g/mol. The molecule has 0 aliphatic heterocycles. The molecule has 3 aliphatic carbocycles. The van der Waals surface area contributed by atoms with Gasteiger partial charge in [0.15, 0.2) is 0 Å². The summed E-state index contributed by atoms with van der Waals surface area (Å²) in [6, 6.07) is 8.89. The summed E-state index contributed by atoms with van der Waals surface area (Å²) in [5.74, 6) is 1.78. The van der Waals surface area contributed by atoms with E-state index in [0.29, 0.717) is 17.8 Å². The van der Waals surface area contributed by atoms with Crippen LogP contribution in [0.15, 0.2) is 24.3 Å². The first-order valence-electron chi connectivity index (χ1n) is 8.05. The molecule has 108 valence electrons. The summed E-state index contributed by atoms with van der Waals surface area (Å²) >= 11 is 0. The normalized spacial score (nSPS) is 46.5. The second kappa shape index (κ2) is 4.32. The zero-order chi connectivity index (χ0) is 13.9. The first kappa shape index (κ1) is 12.8.